The Morgan fingerprint density at radius 1 is 0.452 bits per heavy atom. The molecule has 0 spiro atoms. The van der Waals surface area contributed by atoms with Gasteiger partial charge in [0, 0.05) is 28.9 Å². The van der Waals surface area contributed by atoms with Gasteiger partial charge in [0.05, 0.1) is 0 Å². The monoisotopic (exact) mass is 406 g/mol. The van der Waals surface area contributed by atoms with E-state index in [1.54, 1.807) is 0 Å². The van der Waals surface area contributed by atoms with Crippen molar-refractivity contribution >= 4 is 0 Å². The molecule has 0 radical (unpaired) electrons. The Morgan fingerprint density at radius 2 is 0.774 bits per heavy atom. The minimum Gasteiger partial charge on any atom is -0.507 e. The van der Waals surface area contributed by atoms with E-state index in [-0.39, 0.29) is 17.8 Å². The fourth-order valence-electron chi connectivity index (χ4n) is 4.39. The molecule has 3 atom stereocenters. The summed E-state index contributed by atoms with van der Waals surface area (Å²) in [4.78, 5) is 0. The first-order valence-electron chi connectivity index (χ1n) is 11.1. The van der Waals surface area contributed by atoms with Gasteiger partial charge in [-0.2, -0.15) is 0 Å². The van der Waals surface area contributed by atoms with Gasteiger partial charge in [0.25, 0.3) is 0 Å². The Kier molecular flexibility index (Phi) is 6.23. The van der Waals surface area contributed by atoms with Crippen LogP contribution in [0.4, 0.5) is 0 Å². The van der Waals surface area contributed by atoms with Crippen molar-refractivity contribution in [2.45, 2.75) is 38.5 Å². The van der Waals surface area contributed by atoms with Crippen molar-refractivity contribution in [3.8, 4) is 5.75 Å². The van der Waals surface area contributed by atoms with Gasteiger partial charge in [-0.15, -0.1) is 0 Å². The third-order valence-corrected chi connectivity index (χ3v) is 6.52. The molecule has 0 aromatic heterocycles. The summed E-state index contributed by atoms with van der Waals surface area (Å²) in [5.74, 6) is 0.860. The van der Waals surface area contributed by atoms with Crippen molar-refractivity contribution in [1.82, 2.24) is 0 Å². The maximum Gasteiger partial charge on any atom is 0.123 e. The predicted octanol–water partition coefficient (Wildman–Crippen LogP) is 7.85. The fraction of sp³-hybridized carbons (Fsp3) is 0.200. The fourth-order valence-corrected chi connectivity index (χ4v) is 4.39. The number of hydrogen-bond acceptors (Lipinski definition) is 1. The van der Waals surface area contributed by atoms with E-state index < -0.39 is 0 Å². The quantitative estimate of drug-likeness (QED) is 0.346. The maximum absolute atomic E-state index is 11.4. The summed E-state index contributed by atoms with van der Waals surface area (Å²) < 4.78 is 0. The molecule has 0 aliphatic rings. The van der Waals surface area contributed by atoms with E-state index >= 15 is 0 Å². The number of rotatable bonds is 6. The predicted molar refractivity (Wildman–Crippen MR) is 130 cm³/mol. The third-order valence-electron chi connectivity index (χ3n) is 6.52. The summed E-state index contributed by atoms with van der Waals surface area (Å²) in [7, 11) is 0. The highest BCUT2D eigenvalue weighted by Gasteiger charge is 2.23. The lowest BCUT2D eigenvalue weighted by Crippen LogP contribution is -2.06. The highest BCUT2D eigenvalue weighted by atomic mass is 16.3. The Morgan fingerprint density at radius 3 is 1.13 bits per heavy atom. The Labute approximate surface area is 186 Å². The van der Waals surface area contributed by atoms with Gasteiger partial charge in [0.1, 0.15) is 5.75 Å². The van der Waals surface area contributed by atoms with Crippen LogP contribution in [0.15, 0.2) is 103 Å². The summed E-state index contributed by atoms with van der Waals surface area (Å²) in [6.07, 6.45) is 0. The highest BCUT2D eigenvalue weighted by molar-refractivity contribution is 5.53. The minimum absolute atomic E-state index is 0.103. The van der Waals surface area contributed by atoms with E-state index in [9.17, 15) is 5.11 Å². The van der Waals surface area contributed by atoms with E-state index in [2.05, 4.69) is 112 Å². The van der Waals surface area contributed by atoms with Gasteiger partial charge in [-0.1, -0.05) is 124 Å². The number of phenols is 1. The molecule has 0 fully saturated rings. The van der Waals surface area contributed by atoms with Gasteiger partial charge >= 0.3 is 0 Å². The summed E-state index contributed by atoms with van der Waals surface area (Å²) in [5.41, 5.74) is 6.92. The topological polar surface area (TPSA) is 20.2 Å². The van der Waals surface area contributed by atoms with Crippen LogP contribution in [-0.4, -0.2) is 5.11 Å². The Bertz CT molecular complexity index is 1050. The second-order valence-corrected chi connectivity index (χ2v) is 8.45. The van der Waals surface area contributed by atoms with E-state index in [0.717, 1.165) is 11.1 Å². The molecule has 4 aromatic rings. The largest absolute Gasteiger partial charge is 0.507 e. The van der Waals surface area contributed by atoms with Crippen molar-refractivity contribution < 1.29 is 5.11 Å². The van der Waals surface area contributed by atoms with Crippen molar-refractivity contribution in [1.29, 1.82) is 0 Å². The molecule has 31 heavy (non-hydrogen) atoms. The van der Waals surface area contributed by atoms with E-state index in [1.165, 1.54) is 22.3 Å². The molecule has 0 heterocycles. The molecule has 0 aliphatic heterocycles. The zero-order chi connectivity index (χ0) is 21.8. The molecular weight excluding hydrogens is 376 g/mol. The molecule has 156 valence electrons. The molecule has 1 nitrogen and oxygen atoms in total. The van der Waals surface area contributed by atoms with E-state index in [0.29, 0.717) is 5.75 Å². The molecule has 0 saturated carbocycles. The zero-order valence-electron chi connectivity index (χ0n) is 18.5. The molecular formula is C30H30O. The van der Waals surface area contributed by atoms with Gasteiger partial charge in [-0.3, -0.25) is 0 Å². The lowest BCUT2D eigenvalue weighted by molar-refractivity contribution is 0.456. The van der Waals surface area contributed by atoms with Crippen LogP contribution in [0.2, 0.25) is 0 Å². The van der Waals surface area contributed by atoms with Crippen LogP contribution in [0.5, 0.6) is 5.75 Å². The lowest BCUT2D eigenvalue weighted by atomic mass is 9.82. The van der Waals surface area contributed by atoms with Gasteiger partial charge < -0.3 is 5.11 Å². The van der Waals surface area contributed by atoms with Crippen LogP contribution in [-0.2, 0) is 0 Å². The average Bonchev–Trinajstić information content (AvgIpc) is 2.84. The molecule has 4 aromatic carbocycles. The second-order valence-electron chi connectivity index (χ2n) is 8.45. The van der Waals surface area contributed by atoms with Gasteiger partial charge in [-0.25, -0.2) is 0 Å². The Balaban J connectivity index is 1.86. The van der Waals surface area contributed by atoms with Crippen molar-refractivity contribution in [2.24, 2.45) is 0 Å². The molecule has 1 heteroatoms. The van der Waals surface area contributed by atoms with Crippen LogP contribution in [0.25, 0.3) is 0 Å². The van der Waals surface area contributed by atoms with Crippen LogP contribution >= 0.6 is 0 Å². The van der Waals surface area contributed by atoms with Crippen molar-refractivity contribution in [3.63, 3.8) is 0 Å². The first-order chi connectivity index (χ1) is 15.1. The standard InChI is InChI=1S/C30H30O/c1-21(24-13-7-4-8-14-24)27-19-28(22(2)25-15-9-5-10-16-25)30(31)29(20-27)23(3)26-17-11-6-12-18-26/h4-23,31H,1-3H3/t21-,22+,23+/m0/s1. The van der Waals surface area contributed by atoms with Gasteiger partial charge in [-0.05, 0) is 22.3 Å². The van der Waals surface area contributed by atoms with Crippen LogP contribution < -0.4 is 0 Å². The summed E-state index contributed by atoms with van der Waals surface area (Å²) >= 11 is 0. The SMILES string of the molecule is C[C@@H](c1ccccc1)c1cc([C@H](C)c2ccccc2)c(O)c([C@H](C)c2ccccc2)c1. The minimum atomic E-state index is 0.103. The molecule has 1 N–H and O–H groups in total. The summed E-state index contributed by atoms with van der Waals surface area (Å²) in [6.45, 7) is 6.60. The summed E-state index contributed by atoms with van der Waals surface area (Å²) in [6, 6.07) is 35.9. The number of phenolic OH excluding ortho intramolecular Hbond substituents is 1. The third kappa shape index (κ3) is 4.41. The van der Waals surface area contributed by atoms with Crippen molar-refractivity contribution in [3.05, 3.63) is 137 Å². The lowest BCUT2D eigenvalue weighted by Gasteiger charge is -2.24. The summed E-state index contributed by atoms with van der Waals surface area (Å²) in [5, 5.41) is 11.4. The highest BCUT2D eigenvalue weighted by Crippen LogP contribution is 2.41. The normalized spacial score (nSPS) is 14.0. The first kappa shape index (κ1) is 20.9. The van der Waals surface area contributed by atoms with Crippen LogP contribution in [0.3, 0.4) is 0 Å². The number of benzene rings is 4. The number of aromatic hydroxyl groups is 1. The molecule has 0 unspecified atom stereocenters. The number of hydrogen-bond donors (Lipinski definition) is 1. The van der Waals surface area contributed by atoms with Gasteiger partial charge in [0.15, 0.2) is 0 Å². The Hall–Kier alpha value is -3.32. The molecule has 4 rings (SSSR count). The zero-order valence-corrected chi connectivity index (χ0v) is 18.5. The maximum atomic E-state index is 11.4. The van der Waals surface area contributed by atoms with E-state index in [4.69, 9.17) is 0 Å². The molecule has 0 amide bonds. The van der Waals surface area contributed by atoms with Gasteiger partial charge in [0.2, 0.25) is 0 Å². The molecule has 0 saturated heterocycles. The average molecular weight is 407 g/mol. The molecule has 0 bridgehead atoms. The second kappa shape index (κ2) is 9.22. The van der Waals surface area contributed by atoms with E-state index in [1.807, 2.05) is 12.1 Å². The van der Waals surface area contributed by atoms with Crippen LogP contribution in [0.1, 0.15) is 71.9 Å². The van der Waals surface area contributed by atoms with Crippen LogP contribution in [0, 0.1) is 0 Å². The molecule has 0 aliphatic carbocycles. The first-order valence-corrected chi connectivity index (χ1v) is 11.1. The smallest absolute Gasteiger partial charge is 0.123 e. The van der Waals surface area contributed by atoms with Crippen molar-refractivity contribution in [2.75, 3.05) is 0 Å².